The van der Waals surface area contributed by atoms with Crippen LogP contribution in [0.4, 0.5) is 5.13 Å². The van der Waals surface area contributed by atoms with Crippen molar-refractivity contribution in [3.8, 4) is 0 Å². The number of thioether (sulfide) groups is 1. The first-order valence-electron chi connectivity index (χ1n) is 8.79. The molecule has 0 unspecified atom stereocenters. The van der Waals surface area contributed by atoms with Gasteiger partial charge in [0.2, 0.25) is 0 Å². The smallest absolute Gasteiger partial charge is 0.261 e. The number of thiazole rings is 1. The third-order valence-electron chi connectivity index (χ3n) is 4.58. The molecule has 1 aromatic heterocycles. The van der Waals surface area contributed by atoms with Crippen LogP contribution in [-0.4, -0.2) is 36.4 Å². The van der Waals surface area contributed by atoms with E-state index < -0.39 is 0 Å². The first-order chi connectivity index (χ1) is 13.2. The lowest BCUT2D eigenvalue weighted by molar-refractivity contribution is 0.0915. The van der Waals surface area contributed by atoms with Gasteiger partial charge in [0.25, 0.3) is 5.91 Å². The van der Waals surface area contributed by atoms with Crippen LogP contribution in [0.5, 0.6) is 0 Å². The summed E-state index contributed by atoms with van der Waals surface area (Å²) in [6, 6.07) is 13.4. The van der Waals surface area contributed by atoms with Crippen molar-refractivity contribution in [2.45, 2.75) is 23.8 Å². The molecule has 1 saturated heterocycles. The number of fused-ring (bicyclic) bond motifs is 1. The quantitative estimate of drug-likeness (QED) is 0.513. The number of halogens is 1. The number of ether oxygens (including phenoxy) is 1. The highest BCUT2D eigenvalue weighted by Crippen LogP contribution is 2.34. The van der Waals surface area contributed by atoms with Crippen molar-refractivity contribution in [3.05, 3.63) is 53.1 Å². The summed E-state index contributed by atoms with van der Waals surface area (Å²) >= 11 is 9.36. The zero-order valence-electron chi connectivity index (χ0n) is 14.9. The molecule has 2 aromatic carbocycles. The van der Waals surface area contributed by atoms with E-state index in [1.165, 1.54) is 11.3 Å². The summed E-state index contributed by atoms with van der Waals surface area (Å²) in [5.74, 6) is -0.0503. The SMILES string of the molecule is CSc1ccccc1C(=O)N(C[C@@H]1CCCO1)c1nc2c(Cl)cccc2s1. The number of hydrogen-bond acceptors (Lipinski definition) is 5. The molecule has 1 fully saturated rings. The van der Waals surface area contributed by atoms with Gasteiger partial charge in [-0.3, -0.25) is 9.69 Å². The van der Waals surface area contributed by atoms with Crippen molar-refractivity contribution in [3.63, 3.8) is 0 Å². The molecule has 1 aliphatic rings. The zero-order valence-corrected chi connectivity index (χ0v) is 17.2. The number of para-hydroxylation sites is 1. The molecule has 1 atom stereocenters. The molecule has 1 aliphatic heterocycles. The standard InChI is InChI=1S/C20H19ClN2O2S2/c1-26-16-9-3-2-7-14(16)19(24)23(12-13-6-5-11-25-13)20-22-18-15(21)8-4-10-17(18)27-20/h2-4,7-10,13H,5-6,11-12H2,1H3/t13-/m0/s1. The first kappa shape index (κ1) is 18.7. The van der Waals surface area contributed by atoms with Gasteiger partial charge in [-0.1, -0.05) is 41.1 Å². The number of benzene rings is 2. The number of nitrogens with zero attached hydrogens (tertiary/aromatic N) is 2. The summed E-state index contributed by atoms with van der Waals surface area (Å²) in [6.45, 7) is 1.25. The summed E-state index contributed by atoms with van der Waals surface area (Å²) in [5, 5.41) is 1.26. The van der Waals surface area contributed by atoms with Crippen LogP contribution in [0.15, 0.2) is 47.4 Å². The van der Waals surface area contributed by atoms with Crippen molar-refractivity contribution in [1.82, 2.24) is 4.98 Å². The fourth-order valence-corrected chi connectivity index (χ4v) is 5.09. The van der Waals surface area contributed by atoms with Gasteiger partial charge >= 0.3 is 0 Å². The van der Waals surface area contributed by atoms with Crippen molar-refractivity contribution < 1.29 is 9.53 Å². The Morgan fingerprint density at radius 2 is 2.19 bits per heavy atom. The second kappa shape index (κ2) is 8.19. The largest absolute Gasteiger partial charge is 0.376 e. The molecule has 0 saturated carbocycles. The van der Waals surface area contributed by atoms with Crippen molar-refractivity contribution >= 4 is 56.0 Å². The average Bonchev–Trinajstić information content (AvgIpc) is 3.35. The zero-order chi connectivity index (χ0) is 18.8. The van der Waals surface area contributed by atoms with E-state index in [0.29, 0.717) is 22.3 Å². The molecule has 140 valence electrons. The summed E-state index contributed by atoms with van der Waals surface area (Å²) < 4.78 is 6.77. The van der Waals surface area contributed by atoms with Gasteiger partial charge in [0.15, 0.2) is 5.13 Å². The number of amides is 1. The van der Waals surface area contributed by atoms with Crippen molar-refractivity contribution in [2.75, 3.05) is 24.3 Å². The summed E-state index contributed by atoms with van der Waals surface area (Å²) in [4.78, 5) is 20.9. The third kappa shape index (κ3) is 3.85. The molecular formula is C20H19ClN2O2S2. The van der Waals surface area contributed by atoms with Crippen LogP contribution in [0, 0.1) is 0 Å². The number of aromatic nitrogens is 1. The number of anilines is 1. The van der Waals surface area contributed by atoms with Crippen LogP contribution in [0.3, 0.4) is 0 Å². The molecule has 0 bridgehead atoms. The van der Waals surface area contributed by atoms with Crippen molar-refractivity contribution in [1.29, 1.82) is 0 Å². The van der Waals surface area contributed by atoms with Crippen LogP contribution in [0.25, 0.3) is 10.2 Å². The summed E-state index contributed by atoms with van der Waals surface area (Å²) in [6.07, 6.45) is 4.01. The van der Waals surface area contributed by atoms with E-state index in [1.54, 1.807) is 16.7 Å². The fourth-order valence-electron chi connectivity index (χ4n) is 3.23. The maximum atomic E-state index is 13.5. The van der Waals surface area contributed by atoms with Gasteiger partial charge in [0.1, 0.15) is 5.52 Å². The summed E-state index contributed by atoms with van der Waals surface area (Å²) in [5.41, 5.74) is 1.43. The highest BCUT2D eigenvalue weighted by molar-refractivity contribution is 7.98. The van der Waals surface area contributed by atoms with E-state index in [2.05, 4.69) is 4.98 Å². The minimum absolute atomic E-state index is 0.0397. The van der Waals surface area contributed by atoms with Gasteiger partial charge in [0, 0.05) is 11.5 Å². The average molecular weight is 419 g/mol. The molecule has 0 aliphatic carbocycles. The summed E-state index contributed by atoms with van der Waals surface area (Å²) in [7, 11) is 0. The minimum atomic E-state index is -0.0503. The molecule has 0 spiro atoms. The molecule has 2 heterocycles. The van der Waals surface area contributed by atoms with Crippen LogP contribution in [0.1, 0.15) is 23.2 Å². The van der Waals surface area contributed by atoms with E-state index in [9.17, 15) is 4.79 Å². The van der Waals surface area contributed by atoms with Crippen LogP contribution in [-0.2, 0) is 4.74 Å². The lowest BCUT2D eigenvalue weighted by atomic mass is 10.1. The van der Waals surface area contributed by atoms with Crippen LogP contribution >= 0.6 is 34.7 Å². The Bertz CT molecular complexity index is 970. The topological polar surface area (TPSA) is 42.4 Å². The predicted molar refractivity (Wildman–Crippen MR) is 114 cm³/mol. The second-order valence-corrected chi connectivity index (χ2v) is 8.60. The van der Waals surface area contributed by atoms with E-state index in [4.69, 9.17) is 16.3 Å². The lowest BCUT2D eigenvalue weighted by Gasteiger charge is -2.24. The highest BCUT2D eigenvalue weighted by atomic mass is 35.5. The molecule has 3 aromatic rings. The molecule has 27 heavy (non-hydrogen) atoms. The van der Waals surface area contributed by atoms with Gasteiger partial charge in [0.05, 0.1) is 27.9 Å². The molecular weight excluding hydrogens is 400 g/mol. The second-order valence-electron chi connectivity index (χ2n) is 6.33. The minimum Gasteiger partial charge on any atom is -0.376 e. The van der Waals surface area contributed by atoms with E-state index in [1.807, 2.05) is 48.7 Å². The van der Waals surface area contributed by atoms with E-state index in [0.717, 1.165) is 34.6 Å². The van der Waals surface area contributed by atoms with Gasteiger partial charge in [-0.15, -0.1) is 11.8 Å². The molecule has 4 rings (SSSR count). The molecule has 0 N–H and O–H groups in total. The van der Waals surface area contributed by atoms with Gasteiger partial charge in [-0.05, 0) is 43.4 Å². The van der Waals surface area contributed by atoms with Crippen LogP contribution < -0.4 is 4.90 Å². The Labute approximate surface area is 171 Å². The Kier molecular flexibility index (Phi) is 5.68. The van der Waals surface area contributed by atoms with Gasteiger partial charge < -0.3 is 4.74 Å². The maximum Gasteiger partial charge on any atom is 0.261 e. The normalized spacial score (nSPS) is 16.7. The lowest BCUT2D eigenvalue weighted by Crippen LogP contribution is -2.37. The Morgan fingerprint density at radius 3 is 2.93 bits per heavy atom. The first-order valence-corrected chi connectivity index (χ1v) is 11.2. The van der Waals surface area contributed by atoms with Crippen LogP contribution in [0.2, 0.25) is 5.02 Å². The number of hydrogen-bond donors (Lipinski definition) is 0. The number of rotatable bonds is 5. The molecule has 7 heteroatoms. The molecule has 1 amide bonds. The highest BCUT2D eigenvalue weighted by Gasteiger charge is 2.28. The predicted octanol–water partition coefficient (Wildman–Crippen LogP) is 5.50. The Morgan fingerprint density at radius 1 is 1.33 bits per heavy atom. The molecule has 0 radical (unpaired) electrons. The Hall–Kier alpha value is -1.60. The third-order valence-corrected chi connectivity index (χ3v) is 6.73. The van der Waals surface area contributed by atoms with E-state index >= 15 is 0 Å². The van der Waals surface area contributed by atoms with E-state index in [-0.39, 0.29) is 12.0 Å². The van der Waals surface area contributed by atoms with Crippen molar-refractivity contribution in [2.24, 2.45) is 0 Å². The Balaban J connectivity index is 1.75. The monoisotopic (exact) mass is 418 g/mol. The molecule has 4 nitrogen and oxygen atoms in total. The number of carbonyl (C=O) groups excluding carboxylic acids is 1. The van der Waals surface area contributed by atoms with Gasteiger partial charge in [-0.2, -0.15) is 0 Å². The fraction of sp³-hybridized carbons (Fsp3) is 0.300. The van der Waals surface area contributed by atoms with Gasteiger partial charge in [-0.25, -0.2) is 4.98 Å². The maximum absolute atomic E-state index is 13.5. The number of carbonyl (C=O) groups is 1.